The van der Waals surface area contributed by atoms with Crippen molar-refractivity contribution in [2.45, 2.75) is 40.2 Å². The van der Waals surface area contributed by atoms with Crippen LogP contribution >= 0.6 is 0 Å². The van der Waals surface area contributed by atoms with Crippen LogP contribution < -0.4 is 4.90 Å². The molecule has 0 aliphatic carbocycles. The van der Waals surface area contributed by atoms with Crippen molar-refractivity contribution < 1.29 is 5.11 Å². The van der Waals surface area contributed by atoms with E-state index in [-0.39, 0.29) is 6.61 Å². The second-order valence-electron chi connectivity index (χ2n) is 6.42. The summed E-state index contributed by atoms with van der Waals surface area (Å²) in [4.78, 5) is 13.9. The van der Waals surface area contributed by atoms with Gasteiger partial charge >= 0.3 is 0 Å². The number of aliphatic hydroxyl groups excluding tert-OH is 1. The van der Waals surface area contributed by atoms with Gasteiger partial charge < -0.3 is 10.0 Å². The van der Waals surface area contributed by atoms with Crippen LogP contribution in [0, 0.1) is 19.8 Å². The van der Waals surface area contributed by atoms with Gasteiger partial charge in [-0.3, -0.25) is 9.88 Å². The van der Waals surface area contributed by atoms with Crippen LogP contribution in [0.5, 0.6) is 0 Å². The van der Waals surface area contributed by atoms with Gasteiger partial charge in [-0.2, -0.15) is 0 Å². The third kappa shape index (κ3) is 4.14. The second kappa shape index (κ2) is 7.18. The first-order chi connectivity index (χ1) is 10.0. The van der Waals surface area contributed by atoms with Crippen molar-refractivity contribution in [2.75, 3.05) is 37.7 Å². The van der Waals surface area contributed by atoms with E-state index < -0.39 is 0 Å². The van der Waals surface area contributed by atoms with Crippen molar-refractivity contribution in [3.05, 3.63) is 17.6 Å². The fraction of sp³-hybridized carbons (Fsp3) is 0.750. The van der Waals surface area contributed by atoms with Gasteiger partial charge in [0.15, 0.2) is 0 Å². The van der Waals surface area contributed by atoms with Gasteiger partial charge in [0.05, 0.1) is 11.4 Å². The van der Waals surface area contributed by atoms with Crippen LogP contribution in [0.15, 0.2) is 6.20 Å². The molecule has 2 rings (SSSR count). The van der Waals surface area contributed by atoms with Crippen molar-refractivity contribution in [3.8, 4) is 0 Å². The minimum Gasteiger partial charge on any atom is -0.396 e. The number of anilines is 1. The molecule has 1 N–H and O–H groups in total. The van der Waals surface area contributed by atoms with Gasteiger partial charge in [-0.05, 0) is 26.2 Å². The number of rotatable bonds is 5. The lowest BCUT2D eigenvalue weighted by Gasteiger charge is -2.42. The van der Waals surface area contributed by atoms with E-state index in [0.717, 1.165) is 49.8 Å². The highest BCUT2D eigenvalue weighted by Crippen LogP contribution is 2.22. The van der Waals surface area contributed by atoms with Crippen molar-refractivity contribution in [2.24, 2.45) is 5.92 Å². The Labute approximate surface area is 128 Å². The number of hydrogen-bond acceptors (Lipinski definition) is 5. The fourth-order valence-corrected chi connectivity index (χ4v) is 3.04. The van der Waals surface area contributed by atoms with Gasteiger partial charge in [0.1, 0.15) is 5.82 Å². The second-order valence-corrected chi connectivity index (χ2v) is 6.42. The maximum atomic E-state index is 9.35. The number of nitrogens with zero attached hydrogens (tertiary/aromatic N) is 4. The number of aliphatic hydroxyl groups is 1. The molecule has 1 fully saturated rings. The van der Waals surface area contributed by atoms with Crippen molar-refractivity contribution >= 4 is 5.82 Å². The summed E-state index contributed by atoms with van der Waals surface area (Å²) < 4.78 is 0. The Hall–Kier alpha value is -1.20. The fourth-order valence-electron chi connectivity index (χ4n) is 3.04. The normalized spacial score (nSPS) is 20.3. The first-order valence-electron chi connectivity index (χ1n) is 7.91. The molecule has 2 heterocycles. The molecule has 1 aromatic rings. The molecule has 0 aromatic carbocycles. The Kier molecular flexibility index (Phi) is 5.53. The number of aromatic nitrogens is 2. The molecule has 0 radical (unpaired) electrons. The number of hydrogen-bond donors (Lipinski definition) is 1. The van der Waals surface area contributed by atoms with E-state index >= 15 is 0 Å². The van der Waals surface area contributed by atoms with Gasteiger partial charge in [0, 0.05) is 45.0 Å². The molecule has 1 atom stereocenters. The Bertz CT molecular complexity index is 464. The van der Waals surface area contributed by atoms with Crippen molar-refractivity contribution in [1.29, 1.82) is 0 Å². The molecule has 5 nitrogen and oxygen atoms in total. The van der Waals surface area contributed by atoms with Gasteiger partial charge in [-0.25, -0.2) is 4.98 Å². The predicted molar refractivity (Wildman–Crippen MR) is 85.6 cm³/mol. The zero-order valence-electron chi connectivity index (χ0n) is 13.7. The lowest BCUT2D eigenvalue weighted by molar-refractivity contribution is 0.128. The van der Waals surface area contributed by atoms with E-state index in [4.69, 9.17) is 0 Å². The molecule has 5 heteroatoms. The van der Waals surface area contributed by atoms with Gasteiger partial charge in [-0.15, -0.1) is 0 Å². The smallest absolute Gasteiger partial charge is 0.150 e. The summed E-state index contributed by atoms with van der Waals surface area (Å²) in [6.45, 7) is 12.8. The van der Waals surface area contributed by atoms with Gasteiger partial charge in [-0.1, -0.05) is 13.8 Å². The van der Waals surface area contributed by atoms with E-state index in [1.807, 2.05) is 20.0 Å². The molecule has 1 aliphatic heterocycles. The van der Waals surface area contributed by atoms with E-state index in [1.165, 1.54) is 0 Å². The minimum absolute atomic E-state index is 0.242. The summed E-state index contributed by atoms with van der Waals surface area (Å²) >= 11 is 0. The first kappa shape index (κ1) is 16.2. The topological polar surface area (TPSA) is 52.5 Å². The van der Waals surface area contributed by atoms with E-state index in [0.29, 0.717) is 12.0 Å². The van der Waals surface area contributed by atoms with E-state index in [1.54, 1.807) is 0 Å². The minimum atomic E-state index is 0.242. The summed E-state index contributed by atoms with van der Waals surface area (Å²) in [5, 5.41) is 9.35. The highest BCUT2D eigenvalue weighted by atomic mass is 16.3. The lowest BCUT2D eigenvalue weighted by atomic mass is 10.1. The molecule has 1 unspecified atom stereocenters. The molecule has 0 spiro atoms. The molecular weight excluding hydrogens is 264 g/mol. The van der Waals surface area contributed by atoms with Crippen molar-refractivity contribution in [3.63, 3.8) is 0 Å². The van der Waals surface area contributed by atoms with E-state index in [2.05, 4.69) is 33.6 Å². The van der Waals surface area contributed by atoms with Crippen LogP contribution in [0.4, 0.5) is 5.82 Å². The molecular formula is C16H28N4O. The van der Waals surface area contributed by atoms with Crippen LogP contribution in [-0.2, 0) is 0 Å². The summed E-state index contributed by atoms with van der Waals surface area (Å²) in [6, 6.07) is 0.396. The number of piperazine rings is 1. The first-order valence-corrected chi connectivity index (χ1v) is 7.91. The Morgan fingerprint density at radius 3 is 2.76 bits per heavy atom. The SMILES string of the molecule is Cc1cnc(C)c(N2CCN(CC(C)C)C(CCO)C2)n1. The molecule has 1 aliphatic rings. The molecule has 0 saturated carbocycles. The quantitative estimate of drug-likeness (QED) is 0.894. The van der Waals surface area contributed by atoms with Crippen LogP contribution in [-0.4, -0.2) is 58.8 Å². The van der Waals surface area contributed by atoms with E-state index in [9.17, 15) is 5.11 Å². The van der Waals surface area contributed by atoms with Crippen molar-refractivity contribution in [1.82, 2.24) is 14.9 Å². The Morgan fingerprint density at radius 1 is 1.33 bits per heavy atom. The summed E-state index contributed by atoms with van der Waals surface area (Å²) in [5.41, 5.74) is 1.94. The standard InChI is InChI=1S/C16H28N4O/c1-12(2)10-19-6-7-20(11-15(19)5-8-21)16-14(4)17-9-13(3)18-16/h9,12,15,21H,5-8,10-11H2,1-4H3. The molecule has 0 bridgehead atoms. The molecule has 118 valence electrons. The highest BCUT2D eigenvalue weighted by Gasteiger charge is 2.28. The Balaban J connectivity index is 2.12. The summed E-state index contributed by atoms with van der Waals surface area (Å²) in [6.07, 6.45) is 2.64. The zero-order valence-corrected chi connectivity index (χ0v) is 13.7. The van der Waals surface area contributed by atoms with Crippen LogP contribution in [0.1, 0.15) is 31.7 Å². The summed E-state index contributed by atoms with van der Waals surface area (Å²) in [5.74, 6) is 1.65. The Morgan fingerprint density at radius 2 is 2.10 bits per heavy atom. The van der Waals surface area contributed by atoms with Gasteiger partial charge in [0.2, 0.25) is 0 Å². The van der Waals surface area contributed by atoms with Crippen LogP contribution in [0.2, 0.25) is 0 Å². The zero-order chi connectivity index (χ0) is 15.4. The largest absolute Gasteiger partial charge is 0.396 e. The molecule has 1 aromatic heterocycles. The highest BCUT2D eigenvalue weighted by molar-refractivity contribution is 5.44. The van der Waals surface area contributed by atoms with Gasteiger partial charge in [0.25, 0.3) is 0 Å². The predicted octanol–water partition coefficient (Wildman–Crippen LogP) is 1.62. The number of aryl methyl sites for hydroxylation is 2. The maximum absolute atomic E-state index is 9.35. The molecule has 1 saturated heterocycles. The monoisotopic (exact) mass is 292 g/mol. The summed E-state index contributed by atoms with van der Waals surface area (Å²) in [7, 11) is 0. The van der Waals surface area contributed by atoms with Crippen LogP contribution in [0.3, 0.4) is 0 Å². The molecule has 21 heavy (non-hydrogen) atoms. The average molecular weight is 292 g/mol. The maximum Gasteiger partial charge on any atom is 0.150 e. The third-order valence-electron chi connectivity index (χ3n) is 4.02. The third-order valence-corrected chi connectivity index (χ3v) is 4.02. The van der Waals surface area contributed by atoms with Crippen LogP contribution in [0.25, 0.3) is 0 Å². The average Bonchev–Trinajstić information content (AvgIpc) is 2.43. The lowest BCUT2D eigenvalue weighted by Crippen LogP contribution is -2.54. The molecule has 0 amide bonds.